The first-order chi connectivity index (χ1) is 8.69. The minimum absolute atomic E-state index is 0.640. The van der Waals surface area contributed by atoms with Gasteiger partial charge in [-0.1, -0.05) is 13.8 Å². The van der Waals surface area contributed by atoms with Crippen LogP contribution in [0.15, 0.2) is 27.8 Å². The minimum atomic E-state index is 0.640. The van der Waals surface area contributed by atoms with Gasteiger partial charge in [-0.15, -0.1) is 11.8 Å². The third-order valence-corrected chi connectivity index (χ3v) is 5.27. The molecular formula is C14H21BrN2S. The minimum Gasteiger partial charge on any atom is -0.313 e. The molecule has 3 atom stereocenters. The molecule has 1 heterocycles. The van der Waals surface area contributed by atoms with Gasteiger partial charge in [0.15, 0.2) is 0 Å². The van der Waals surface area contributed by atoms with Crippen molar-refractivity contribution in [3.8, 4) is 0 Å². The first kappa shape index (κ1) is 14.4. The second-order valence-electron chi connectivity index (χ2n) is 5.05. The summed E-state index contributed by atoms with van der Waals surface area (Å²) >= 11 is 5.36. The Labute approximate surface area is 122 Å². The Bertz CT molecular complexity index is 369. The lowest BCUT2D eigenvalue weighted by molar-refractivity contribution is 0.320. The number of nitrogens with one attached hydrogen (secondary N) is 1. The normalized spacial score (nSPS) is 28.3. The van der Waals surface area contributed by atoms with Crippen LogP contribution in [0.4, 0.5) is 0 Å². The predicted molar refractivity (Wildman–Crippen MR) is 82.1 cm³/mol. The van der Waals surface area contributed by atoms with Gasteiger partial charge in [-0.25, -0.2) is 4.98 Å². The van der Waals surface area contributed by atoms with Crippen molar-refractivity contribution in [2.75, 3.05) is 6.54 Å². The zero-order valence-electron chi connectivity index (χ0n) is 11.0. The molecule has 1 N–H and O–H groups in total. The van der Waals surface area contributed by atoms with Crippen LogP contribution in [0.1, 0.15) is 33.1 Å². The third kappa shape index (κ3) is 3.97. The molecule has 0 aliphatic heterocycles. The van der Waals surface area contributed by atoms with Crippen LogP contribution in [-0.2, 0) is 0 Å². The summed E-state index contributed by atoms with van der Waals surface area (Å²) in [5.41, 5.74) is 0. The highest BCUT2D eigenvalue weighted by Gasteiger charge is 2.28. The van der Waals surface area contributed by atoms with E-state index in [-0.39, 0.29) is 0 Å². The van der Waals surface area contributed by atoms with E-state index in [1.807, 2.05) is 18.0 Å². The lowest BCUT2D eigenvalue weighted by atomic mass is 9.87. The molecule has 0 amide bonds. The number of halogens is 1. The van der Waals surface area contributed by atoms with E-state index in [0.717, 1.165) is 22.0 Å². The molecule has 0 bridgehead atoms. The highest BCUT2D eigenvalue weighted by atomic mass is 79.9. The van der Waals surface area contributed by atoms with Crippen LogP contribution < -0.4 is 5.32 Å². The Kier molecular flexibility index (Phi) is 5.52. The molecule has 18 heavy (non-hydrogen) atoms. The molecule has 100 valence electrons. The molecule has 0 saturated heterocycles. The quantitative estimate of drug-likeness (QED) is 0.900. The molecule has 0 spiro atoms. The molecule has 2 rings (SSSR count). The Morgan fingerprint density at radius 1 is 1.44 bits per heavy atom. The molecule has 3 unspecified atom stereocenters. The topological polar surface area (TPSA) is 24.9 Å². The van der Waals surface area contributed by atoms with E-state index in [2.05, 4.69) is 52.2 Å². The van der Waals surface area contributed by atoms with Crippen LogP contribution in [0.3, 0.4) is 0 Å². The Balaban J connectivity index is 2.01. The molecule has 1 fully saturated rings. The maximum absolute atomic E-state index is 4.48. The molecule has 1 aliphatic carbocycles. The van der Waals surface area contributed by atoms with Crippen LogP contribution >= 0.6 is 27.7 Å². The second kappa shape index (κ2) is 6.92. The fraction of sp³-hybridized carbons (Fsp3) is 0.643. The predicted octanol–water partition coefficient (Wildman–Crippen LogP) is 4.10. The van der Waals surface area contributed by atoms with E-state index in [4.69, 9.17) is 0 Å². The first-order valence-electron chi connectivity index (χ1n) is 6.70. The Morgan fingerprint density at radius 3 is 2.94 bits per heavy atom. The summed E-state index contributed by atoms with van der Waals surface area (Å²) < 4.78 is 1.05. The average molecular weight is 329 g/mol. The Morgan fingerprint density at radius 2 is 2.28 bits per heavy atom. The van der Waals surface area contributed by atoms with Gasteiger partial charge in [-0.2, -0.15) is 0 Å². The molecular weight excluding hydrogens is 308 g/mol. The van der Waals surface area contributed by atoms with Gasteiger partial charge in [0.25, 0.3) is 0 Å². The van der Waals surface area contributed by atoms with E-state index in [1.54, 1.807) is 0 Å². The van der Waals surface area contributed by atoms with E-state index in [9.17, 15) is 0 Å². The lowest BCUT2D eigenvalue weighted by Gasteiger charge is -2.34. The highest BCUT2D eigenvalue weighted by molar-refractivity contribution is 9.10. The van der Waals surface area contributed by atoms with Crippen LogP contribution in [0.2, 0.25) is 0 Å². The number of nitrogens with zero attached hydrogens (tertiary/aromatic N) is 1. The number of hydrogen-bond acceptors (Lipinski definition) is 3. The summed E-state index contributed by atoms with van der Waals surface area (Å²) in [6.07, 6.45) is 5.82. The molecule has 4 heteroatoms. The zero-order valence-corrected chi connectivity index (χ0v) is 13.4. The third-order valence-electron chi connectivity index (χ3n) is 3.49. The van der Waals surface area contributed by atoms with Crippen LogP contribution in [0, 0.1) is 5.92 Å². The maximum atomic E-state index is 4.48. The number of rotatable bonds is 4. The average Bonchev–Trinajstić information content (AvgIpc) is 2.36. The van der Waals surface area contributed by atoms with Crippen molar-refractivity contribution >= 4 is 27.7 Å². The molecule has 0 aromatic carbocycles. The molecule has 1 aliphatic rings. The molecule has 1 aromatic heterocycles. The summed E-state index contributed by atoms with van der Waals surface area (Å²) in [7, 11) is 0. The van der Waals surface area contributed by atoms with Gasteiger partial charge in [0.05, 0.1) is 5.03 Å². The number of thioether (sulfide) groups is 1. The van der Waals surface area contributed by atoms with Gasteiger partial charge in [-0.05, 0) is 59.8 Å². The van der Waals surface area contributed by atoms with E-state index in [0.29, 0.717) is 11.3 Å². The van der Waals surface area contributed by atoms with Gasteiger partial charge in [-0.3, -0.25) is 0 Å². The highest BCUT2D eigenvalue weighted by Crippen LogP contribution is 2.35. The number of pyridine rings is 1. The summed E-state index contributed by atoms with van der Waals surface area (Å²) in [5.74, 6) is 0.841. The van der Waals surface area contributed by atoms with E-state index in [1.165, 1.54) is 19.3 Å². The SMILES string of the molecule is CCNC1CCC(C)CC1Sc1ccc(Br)cn1. The second-order valence-corrected chi connectivity index (χ2v) is 7.23. The Hall–Kier alpha value is -0.0600. The summed E-state index contributed by atoms with van der Waals surface area (Å²) in [6.45, 7) is 5.62. The zero-order chi connectivity index (χ0) is 13.0. The van der Waals surface area contributed by atoms with Crippen molar-refractivity contribution in [3.05, 3.63) is 22.8 Å². The standard InChI is InChI=1S/C14H21BrN2S/c1-3-16-12-6-4-10(2)8-13(12)18-14-7-5-11(15)9-17-14/h5,7,9-10,12-13,16H,3-4,6,8H2,1-2H3. The van der Waals surface area contributed by atoms with E-state index >= 15 is 0 Å². The molecule has 0 radical (unpaired) electrons. The summed E-state index contributed by atoms with van der Waals surface area (Å²) in [4.78, 5) is 4.48. The van der Waals surface area contributed by atoms with Crippen molar-refractivity contribution in [3.63, 3.8) is 0 Å². The summed E-state index contributed by atoms with van der Waals surface area (Å²) in [5, 5.41) is 5.42. The van der Waals surface area contributed by atoms with E-state index < -0.39 is 0 Å². The van der Waals surface area contributed by atoms with Crippen molar-refractivity contribution in [1.82, 2.24) is 10.3 Å². The lowest BCUT2D eigenvalue weighted by Crippen LogP contribution is -2.42. The first-order valence-corrected chi connectivity index (χ1v) is 8.38. The fourth-order valence-electron chi connectivity index (χ4n) is 2.54. The van der Waals surface area contributed by atoms with Crippen LogP contribution in [0.5, 0.6) is 0 Å². The summed E-state index contributed by atoms with van der Waals surface area (Å²) in [6, 6.07) is 4.82. The molecule has 1 aromatic rings. The van der Waals surface area contributed by atoms with Gasteiger partial charge >= 0.3 is 0 Å². The van der Waals surface area contributed by atoms with Gasteiger partial charge in [0, 0.05) is 22.0 Å². The monoisotopic (exact) mass is 328 g/mol. The molecule has 1 saturated carbocycles. The van der Waals surface area contributed by atoms with Crippen molar-refractivity contribution < 1.29 is 0 Å². The number of hydrogen-bond donors (Lipinski definition) is 1. The van der Waals surface area contributed by atoms with Crippen molar-refractivity contribution in [1.29, 1.82) is 0 Å². The van der Waals surface area contributed by atoms with Crippen molar-refractivity contribution in [2.45, 2.75) is 49.4 Å². The molecule has 2 nitrogen and oxygen atoms in total. The largest absolute Gasteiger partial charge is 0.313 e. The number of aromatic nitrogens is 1. The van der Waals surface area contributed by atoms with Crippen molar-refractivity contribution in [2.24, 2.45) is 5.92 Å². The van der Waals surface area contributed by atoms with Crippen LogP contribution in [-0.4, -0.2) is 22.8 Å². The maximum Gasteiger partial charge on any atom is 0.0963 e. The van der Waals surface area contributed by atoms with Crippen LogP contribution in [0.25, 0.3) is 0 Å². The van der Waals surface area contributed by atoms with Gasteiger partial charge in [0.2, 0.25) is 0 Å². The smallest absolute Gasteiger partial charge is 0.0963 e. The fourth-order valence-corrected chi connectivity index (χ4v) is 4.17. The van der Waals surface area contributed by atoms with Gasteiger partial charge < -0.3 is 5.32 Å². The van der Waals surface area contributed by atoms with Gasteiger partial charge in [0.1, 0.15) is 0 Å².